The van der Waals surface area contributed by atoms with Crippen LogP contribution in [0.2, 0.25) is 0 Å². The number of guanidine groups is 1. The van der Waals surface area contributed by atoms with E-state index in [9.17, 15) is 0 Å². The molecule has 1 aromatic heterocycles. The van der Waals surface area contributed by atoms with Crippen LogP contribution in [-0.4, -0.2) is 61.7 Å². The number of hydrogen-bond donors (Lipinski definition) is 2. The summed E-state index contributed by atoms with van der Waals surface area (Å²) in [6.07, 6.45) is 3.15. The first kappa shape index (κ1) is 20.2. The van der Waals surface area contributed by atoms with Crippen LogP contribution in [0.5, 0.6) is 0 Å². The topological polar surface area (TPSA) is 55.8 Å². The van der Waals surface area contributed by atoms with Gasteiger partial charge in [-0.3, -0.25) is 4.99 Å². The molecule has 2 atom stereocenters. The van der Waals surface area contributed by atoms with Gasteiger partial charge in [-0.15, -0.1) is 24.0 Å². The van der Waals surface area contributed by atoms with Crippen molar-refractivity contribution in [2.45, 2.75) is 32.9 Å². The van der Waals surface area contributed by atoms with Gasteiger partial charge in [-0.05, 0) is 36.6 Å². The van der Waals surface area contributed by atoms with Crippen molar-refractivity contribution in [1.82, 2.24) is 20.5 Å². The van der Waals surface area contributed by atoms with Gasteiger partial charge in [-0.25, -0.2) is 4.98 Å². The van der Waals surface area contributed by atoms with E-state index in [-0.39, 0.29) is 24.0 Å². The molecule has 0 bridgehead atoms. The van der Waals surface area contributed by atoms with Gasteiger partial charge < -0.3 is 20.4 Å². The van der Waals surface area contributed by atoms with Crippen molar-refractivity contribution >= 4 is 35.8 Å². The molecule has 2 aliphatic rings. The lowest BCUT2D eigenvalue weighted by Crippen LogP contribution is -2.46. The number of hydrogen-bond acceptors (Lipinski definition) is 4. The molecule has 25 heavy (non-hydrogen) atoms. The molecule has 0 spiro atoms. The highest BCUT2D eigenvalue weighted by Gasteiger charge is 2.33. The monoisotopic (exact) mass is 458 g/mol. The van der Waals surface area contributed by atoms with Crippen molar-refractivity contribution in [3.8, 4) is 0 Å². The van der Waals surface area contributed by atoms with Gasteiger partial charge in [0.15, 0.2) is 5.96 Å². The van der Waals surface area contributed by atoms with Crippen molar-refractivity contribution in [1.29, 1.82) is 0 Å². The van der Waals surface area contributed by atoms with E-state index in [0.717, 1.165) is 57.0 Å². The van der Waals surface area contributed by atoms with Crippen LogP contribution in [0, 0.1) is 5.92 Å². The molecule has 6 nitrogen and oxygen atoms in total. The van der Waals surface area contributed by atoms with Crippen molar-refractivity contribution in [2.75, 3.05) is 44.7 Å². The molecule has 7 heteroatoms. The van der Waals surface area contributed by atoms with Gasteiger partial charge in [0.2, 0.25) is 0 Å². The molecule has 140 valence electrons. The molecule has 1 saturated heterocycles. The highest BCUT2D eigenvalue weighted by Crippen LogP contribution is 2.28. The van der Waals surface area contributed by atoms with Gasteiger partial charge in [0.25, 0.3) is 0 Å². The molecule has 1 saturated carbocycles. The Labute approximate surface area is 168 Å². The Morgan fingerprint density at radius 3 is 2.64 bits per heavy atom. The van der Waals surface area contributed by atoms with E-state index >= 15 is 0 Å². The number of rotatable bonds is 5. The van der Waals surface area contributed by atoms with Gasteiger partial charge >= 0.3 is 0 Å². The summed E-state index contributed by atoms with van der Waals surface area (Å²) < 4.78 is 0. The van der Waals surface area contributed by atoms with E-state index in [0.29, 0.717) is 6.04 Å². The van der Waals surface area contributed by atoms with E-state index in [1.54, 1.807) is 0 Å². The highest BCUT2D eigenvalue weighted by molar-refractivity contribution is 14.0. The summed E-state index contributed by atoms with van der Waals surface area (Å²) in [5.74, 6) is 2.74. The zero-order chi connectivity index (χ0) is 16.9. The zero-order valence-electron chi connectivity index (χ0n) is 15.5. The van der Waals surface area contributed by atoms with Crippen molar-refractivity contribution < 1.29 is 0 Å². The number of likely N-dealkylation sites (N-methyl/N-ethyl adjacent to an activating group) is 1. The van der Waals surface area contributed by atoms with E-state index in [4.69, 9.17) is 0 Å². The largest absolute Gasteiger partial charge is 0.354 e. The van der Waals surface area contributed by atoms with Crippen molar-refractivity contribution in [3.63, 3.8) is 0 Å². The molecular formula is C18H31IN6. The minimum atomic E-state index is 0. The van der Waals surface area contributed by atoms with Crippen LogP contribution in [0.4, 0.5) is 5.82 Å². The summed E-state index contributed by atoms with van der Waals surface area (Å²) in [4.78, 5) is 13.7. The number of nitrogens with one attached hydrogen (secondary N) is 2. The number of anilines is 1. The molecule has 2 fully saturated rings. The number of aliphatic imine (C=N–C) groups is 1. The summed E-state index contributed by atoms with van der Waals surface area (Å²) in [6.45, 7) is 10.7. The smallest absolute Gasteiger partial charge is 0.191 e. The molecule has 2 unspecified atom stereocenters. The predicted octanol–water partition coefficient (Wildman–Crippen LogP) is 1.91. The summed E-state index contributed by atoms with van der Waals surface area (Å²) in [6, 6.07) is 4.85. The number of nitrogens with zero attached hydrogens (tertiary/aromatic N) is 4. The second-order valence-corrected chi connectivity index (χ2v) is 6.83. The maximum absolute atomic E-state index is 4.56. The Morgan fingerprint density at radius 1 is 1.32 bits per heavy atom. The minimum absolute atomic E-state index is 0. The first-order chi connectivity index (χ1) is 11.7. The zero-order valence-corrected chi connectivity index (χ0v) is 17.9. The Morgan fingerprint density at radius 2 is 2.04 bits per heavy atom. The third-order valence-electron chi connectivity index (χ3n) is 5.07. The molecule has 2 N–H and O–H groups in total. The quantitative estimate of drug-likeness (QED) is 0.401. The third-order valence-corrected chi connectivity index (χ3v) is 5.07. The molecule has 0 radical (unpaired) electrons. The number of halogens is 1. The number of aromatic nitrogens is 1. The van der Waals surface area contributed by atoms with E-state index in [1.165, 1.54) is 12.0 Å². The van der Waals surface area contributed by atoms with Crippen molar-refractivity contribution in [3.05, 3.63) is 23.9 Å². The fraction of sp³-hybridized carbons (Fsp3) is 0.667. The standard InChI is InChI=1S/C18H30N6.HI/c1-4-23-7-9-24(10-8-23)17-12-15(5-6-20-17)13-21-18(19-3)22-16-11-14(16)2;/h5-6,12,14,16H,4,7-11,13H2,1-3H3,(H2,19,21,22);1H. The molecule has 1 aliphatic carbocycles. The lowest BCUT2D eigenvalue weighted by Gasteiger charge is -2.34. The Kier molecular flexibility index (Phi) is 7.74. The molecule has 0 aromatic carbocycles. The molecule has 1 aromatic rings. The summed E-state index contributed by atoms with van der Waals surface area (Å²) in [5.41, 5.74) is 1.24. The maximum atomic E-state index is 4.56. The molecule has 2 heterocycles. The lowest BCUT2D eigenvalue weighted by atomic mass is 10.2. The summed E-state index contributed by atoms with van der Waals surface area (Å²) in [7, 11) is 1.83. The Bertz CT molecular complexity index is 570. The van der Waals surface area contributed by atoms with Crippen LogP contribution in [0.15, 0.2) is 23.3 Å². The van der Waals surface area contributed by atoms with Crippen LogP contribution in [-0.2, 0) is 6.54 Å². The highest BCUT2D eigenvalue weighted by atomic mass is 127. The van der Waals surface area contributed by atoms with Crippen LogP contribution in [0.25, 0.3) is 0 Å². The fourth-order valence-electron chi connectivity index (χ4n) is 3.12. The van der Waals surface area contributed by atoms with Crippen LogP contribution in [0.1, 0.15) is 25.8 Å². The molecule has 3 rings (SSSR count). The number of piperazine rings is 1. The minimum Gasteiger partial charge on any atom is -0.354 e. The third kappa shape index (κ3) is 5.70. The normalized spacial score (nSPS) is 23.8. The van der Waals surface area contributed by atoms with E-state index in [2.05, 4.69) is 56.4 Å². The average Bonchev–Trinajstić information content (AvgIpc) is 3.33. The van der Waals surface area contributed by atoms with E-state index < -0.39 is 0 Å². The SMILES string of the molecule is CCN1CCN(c2cc(CNC(=NC)NC3CC3C)ccn2)CC1.I. The average molecular weight is 458 g/mol. The first-order valence-electron chi connectivity index (χ1n) is 9.09. The van der Waals surface area contributed by atoms with Gasteiger partial charge in [0.1, 0.15) is 5.82 Å². The fourth-order valence-corrected chi connectivity index (χ4v) is 3.12. The Balaban J connectivity index is 0.00000225. The van der Waals surface area contributed by atoms with Gasteiger partial charge in [0.05, 0.1) is 0 Å². The summed E-state index contributed by atoms with van der Waals surface area (Å²) in [5, 5.41) is 6.87. The van der Waals surface area contributed by atoms with Crippen LogP contribution >= 0.6 is 24.0 Å². The molecule has 1 aliphatic heterocycles. The molecular weight excluding hydrogens is 427 g/mol. The van der Waals surface area contributed by atoms with Gasteiger partial charge in [-0.2, -0.15) is 0 Å². The second kappa shape index (κ2) is 9.56. The van der Waals surface area contributed by atoms with Crippen LogP contribution in [0.3, 0.4) is 0 Å². The maximum Gasteiger partial charge on any atom is 0.191 e. The van der Waals surface area contributed by atoms with E-state index in [1.807, 2.05) is 13.2 Å². The van der Waals surface area contributed by atoms with Gasteiger partial charge in [0, 0.05) is 52.0 Å². The van der Waals surface area contributed by atoms with Crippen molar-refractivity contribution in [2.24, 2.45) is 10.9 Å². The summed E-state index contributed by atoms with van der Waals surface area (Å²) >= 11 is 0. The van der Waals surface area contributed by atoms with Gasteiger partial charge in [-0.1, -0.05) is 13.8 Å². The van der Waals surface area contributed by atoms with Crippen LogP contribution < -0.4 is 15.5 Å². The lowest BCUT2D eigenvalue weighted by molar-refractivity contribution is 0.270. The first-order valence-corrected chi connectivity index (χ1v) is 9.09. The Hall–Kier alpha value is -1.09. The number of pyridine rings is 1. The second-order valence-electron chi connectivity index (χ2n) is 6.83. The predicted molar refractivity (Wildman–Crippen MR) is 115 cm³/mol. The molecule has 0 amide bonds.